The number of pyridine rings is 1. The van der Waals surface area contributed by atoms with Crippen LogP contribution < -0.4 is 4.74 Å². The summed E-state index contributed by atoms with van der Waals surface area (Å²) < 4.78 is 5.39. The van der Waals surface area contributed by atoms with Gasteiger partial charge in [-0.2, -0.15) is 0 Å². The Morgan fingerprint density at radius 1 is 1.28 bits per heavy atom. The second-order valence-corrected chi connectivity index (χ2v) is 6.40. The number of hydrogen-bond acceptors (Lipinski definition) is 4. The lowest BCUT2D eigenvalue weighted by molar-refractivity contribution is 0.0753. The minimum absolute atomic E-state index is 0.0118. The van der Waals surface area contributed by atoms with Gasteiger partial charge in [0.2, 0.25) is 0 Å². The Kier molecular flexibility index (Phi) is 5.66. The van der Waals surface area contributed by atoms with E-state index in [0.29, 0.717) is 31.5 Å². The Labute approximate surface area is 148 Å². The van der Waals surface area contributed by atoms with Crippen molar-refractivity contribution in [3.63, 3.8) is 0 Å². The fraction of sp³-hybridized carbons (Fsp3) is 0.400. The van der Waals surface area contributed by atoms with Crippen LogP contribution in [0.3, 0.4) is 0 Å². The van der Waals surface area contributed by atoms with E-state index in [1.807, 2.05) is 35.2 Å². The molecule has 5 nitrogen and oxygen atoms in total. The van der Waals surface area contributed by atoms with Crippen LogP contribution in [0.4, 0.5) is 0 Å². The molecule has 0 bridgehead atoms. The molecule has 2 heterocycles. The lowest BCUT2D eigenvalue weighted by atomic mass is 10.1. The molecule has 1 aliphatic heterocycles. The first-order valence-corrected chi connectivity index (χ1v) is 8.71. The van der Waals surface area contributed by atoms with Crippen molar-refractivity contribution in [2.45, 2.75) is 31.8 Å². The van der Waals surface area contributed by atoms with Crippen LogP contribution in [-0.2, 0) is 6.42 Å². The zero-order valence-electron chi connectivity index (χ0n) is 14.5. The van der Waals surface area contributed by atoms with Crippen LogP contribution >= 0.6 is 0 Å². The number of aliphatic hydroxyl groups is 1. The third kappa shape index (κ3) is 4.37. The van der Waals surface area contributed by atoms with Crippen LogP contribution in [0.2, 0.25) is 0 Å². The Bertz CT molecular complexity index is 732. The fourth-order valence-electron chi connectivity index (χ4n) is 3.22. The summed E-state index contributed by atoms with van der Waals surface area (Å²) in [4.78, 5) is 19.0. The van der Waals surface area contributed by atoms with E-state index in [2.05, 4.69) is 4.98 Å². The van der Waals surface area contributed by atoms with E-state index < -0.39 is 0 Å². The molecule has 0 spiro atoms. The minimum atomic E-state index is -0.295. The van der Waals surface area contributed by atoms with Crippen molar-refractivity contribution in [2.24, 2.45) is 0 Å². The van der Waals surface area contributed by atoms with Crippen molar-refractivity contribution in [1.29, 1.82) is 0 Å². The van der Waals surface area contributed by atoms with Crippen molar-refractivity contribution in [2.75, 3.05) is 20.2 Å². The van der Waals surface area contributed by atoms with E-state index in [0.717, 1.165) is 29.8 Å². The summed E-state index contributed by atoms with van der Waals surface area (Å²) in [5, 5.41) is 9.76. The lowest BCUT2D eigenvalue weighted by Crippen LogP contribution is -2.32. The van der Waals surface area contributed by atoms with Gasteiger partial charge in [-0.1, -0.05) is 18.2 Å². The number of methoxy groups -OCH3 is 1. The summed E-state index contributed by atoms with van der Waals surface area (Å²) in [6.45, 7) is 1.30. The number of rotatable bonds is 4. The predicted octanol–water partition coefficient (Wildman–Crippen LogP) is 2.67. The fourth-order valence-corrected chi connectivity index (χ4v) is 3.22. The summed E-state index contributed by atoms with van der Waals surface area (Å²) in [7, 11) is 1.65. The van der Waals surface area contributed by atoms with E-state index >= 15 is 0 Å². The van der Waals surface area contributed by atoms with Crippen LogP contribution in [0.5, 0.6) is 5.75 Å². The van der Waals surface area contributed by atoms with Crippen molar-refractivity contribution in [3.05, 3.63) is 59.4 Å². The van der Waals surface area contributed by atoms with Crippen molar-refractivity contribution < 1.29 is 14.6 Å². The third-order valence-electron chi connectivity index (χ3n) is 4.61. The molecule has 1 aliphatic rings. The van der Waals surface area contributed by atoms with E-state index in [4.69, 9.17) is 4.74 Å². The molecule has 0 saturated carbocycles. The number of aliphatic hydroxyl groups excluding tert-OH is 1. The van der Waals surface area contributed by atoms with Crippen molar-refractivity contribution in [3.8, 4) is 5.75 Å². The van der Waals surface area contributed by atoms with Gasteiger partial charge in [-0.05, 0) is 37.5 Å². The Morgan fingerprint density at radius 2 is 2.12 bits per heavy atom. The molecule has 0 aliphatic carbocycles. The summed E-state index contributed by atoms with van der Waals surface area (Å²) >= 11 is 0. The summed E-state index contributed by atoms with van der Waals surface area (Å²) in [5.41, 5.74) is 2.53. The minimum Gasteiger partial charge on any atom is -0.496 e. The molecule has 1 saturated heterocycles. The topological polar surface area (TPSA) is 62.7 Å². The van der Waals surface area contributed by atoms with Crippen LogP contribution in [0, 0.1) is 0 Å². The van der Waals surface area contributed by atoms with Gasteiger partial charge >= 0.3 is 0 Å². The average Bonchev–Trinajstić information content (AvgIpc) is 2.86. The number of likely N-dealkylation sites (tertiary alicyclic amines) is 1. The van der Waals surface area contributed by atoms with Gasteiger partial charge in [-0.3, -0.25) is 9.78 Å². The number of aromatic nitrogens is 1. The van der Waals surface area contributed by atoms with Crippen LogP contribution in [0.25, 0.3) is 0 Å². The number of hydrogen-bond donors (Lipinski definition) is 1. The lowest BCUT2D eigenvalue weighted by Gasteiger charge is -2.20. The molecule has 2 aromatic rings. The van der Waals surface area contributed by atoms with Crippen LogP contribution in [-0.4, -0.2) is 47.2 Å². The van der Waals surface area contributed by atoms with Crippen molar-refractivity contribution in [1.82, 2.24) is 9.88 Å². The maximum absolute atomic E-state index is 12.8. The molecule has 1 fully saturated rings. The molecule has 5 heteroatoms. The molecular formula is C20H24N2O3. The Balaban J connectivity index is 1.75. The highest BCUT2D eigenvalue weighted by Crippen LogP contribution is 2.21. The summed E-state index contributed by atoms with van der Waals surface area (Å²) in [6, 6.07) is 11.4. The maximum Gasteiger partial charge on any atom is 0.253 e. The highest BCUT2D eigenvalue weighted by molar-refractivity contribution is 5.94. The SMILES string of the molecule is COc1ccccc1Cc1cc(C(=O)N2CCCC(O)CC2)ccn1. The molecule has 1 amide bonds. The highest BCUT2D eigenvalue weighted by atomic mass is 16.5. The number of carbonyl (C=O) groups is 1. The van der Waals surface area contributed by atoms with Gasteiger partial charge in [0.25, 0.3) is 5.91 Å². The highest BCUT2D eigenvalue weighted by Gasteiger charge is 2.20. The molecule has 3 rings (SSSR count). The van der Waals surface area contributed by atoms with Gasteiger partial charge in [-0.15, -0.1) is 0 Å². The smallest absolute Gasteiger partial charge is 0.253 e. The first-order valence-electron chi connectivity index (χ1n) is 8.71. The number of ether oxygens (including phenoxy) is 1. The molecule has 1 atom stereocenters. The predicted molar refractivity (Wildman–Crippen MR) is 95.8 cm³/mol. The quantitative estimate of drug-likeness (QED) is 0.929. The maximum atomic E-state index is 12.8. The molecule has 1 aromatic carbocycles. The second-order valence-electron chi connectivity index (χ2n) is 6.40. The zero-order valence-corrected chi connectivity index (χ0v) is 14.5. The Hall–Kier alpha value is -2.40. The Morgan fingerprint density at radius 3 is 2.96 bits per heavy atom. The van der Waals surface area contributed by atoms with Gasteiger partial charge < -0.3 is 14.7 Å². The first-order chi connectivity index (χ1) is 12.2. The number of amides is 1. The molecule has 1 N–H and O–H groups in total. The van der Waals surface area contributed by atoms with Gasteiger partial charge in [0, 0.05) is 42.5 Å². The van der Waals surface area contributed by atoms with Crippen molar-refractivity contribution >= 4 is 5.91 Å². The first kappa shape index (κ1) is 17.4. The number of carbonyl (C=O) groups excluding carboxylic acids is 1. The number of benzene rings is 1. The van der Waals surface area contributed by atoms with E-state index in [1.54, 1.807) is 19.4 Å². The van der Waals surface area contributed by atoms with Gasteiger partial charge in [0.15, 0.2) is 0 Å². The average molecular weight is 340 g/mol. The summed E-state index contributed by atoms with van der Waals surface area (Å²) in [6.07, 6.45) is 4.25. The zero-order chi connectivity index (χ0) is 17.6. The van der Waals surface area contributed by atoms with Gasteiger partial charge in [0.1, 0.15) is 5.75 Å². The molecule has 0 radical (unpaired) electrons. The van der Waals surface area contributed by atoms with E-state index in [1.165, 1.54) is 0 Å². The second kappa shape index (κ2) is 8.12. The third-order valence-corrected chi connectivity index (χ3v) is 4.61. The standard InChI is InChI=1S/C20H24N2O3/c1-25-19-7-3-2-5-15(19)13-17-14-16(8-10-21-17)20(24)22-11-4-6-18(23)9-12-22/h2-3,5,7-8,10,14,18,23H,4,6,9,11-13H2,1H3. The normalized spacial score (nSPS) is 17.8. The number of para-hydroxylation sites is 1. The largest absolute Gasteiger partial charge is 0.496 e. The molecule has 25 heavy (non-hydrogen) atoms. The van der Waals surface area contributed by atoms with Gasteiger partial charge in [-0.25, -0.2) is 0 Å². The van der Waals surface area contributed by atoms with Crippen LogP contribution in [0.1, 0.15) is 40.9 Å². The summed E-state index contributed by atoms with van der Waals surface area (Å²) in [5.74, 6) is 0.834. The van der Waals surface area contributed by atoms with E-state index in [-0.39, 0.29) is 12.0 Å². The molecule has 132 valence electrons. The van der Waals surface area contributed by atoms with E-state index in [9.17, 15) is 9.90 Å². The van der Waals surface area contributed by atoms with Crippen LogP contribution in [0.15, 0.2) is 42.6 Å². The molecule has 1 unspecified atom stereocenters. The molecule has 1 aromatic heterocycles. The number of nitrogens with zero attached hydrogens (tertiary/aromatic N) is 2. The molecular weight excluding hydrogens is 316 g/mol. The monoisotopic (exact) mass is 340 g/mol. The van der Waals surface area contributed by atoms with Gasteiger partial charge in [0.05, 0.1) is 13.2 Å².